The third-order valence-electron chi connectivity index (χ3n) is 5.33. The largest absolute Gasteiger partial charge is 0.497 e. The Hall–Kier alpha value is -4.34. The maximum atomic E-state index is 12.8. The van der Waals surface area contributed by atoms with E-state index in [0.717, 1.165) is 29.8 Å². The van der Waals surface area contributed by atoms with E-state index < -0.39 is 17.6 Å². The van der Waals surface area contributed by atoms with Gasteiger partial charge >= 0.3 is 12.2 Å². The Morgan fingerprint density at radius 3 is 2.19 bits per heavy atom. The molecule has 0 aliphatic heterocycles. The van der Waals surface area contributed by atoms with Crippen LogP contribution in [0.3, 0.4) is 0 Å². The van der Waals surface area contributed by atoms with E-state index in [4.69, 9.17) is 9.47 Å². The van der Waals surface area contributed by atoms with E-state index in [2.05, 4.69) is 15.4 Å². The van der Waals surface area contributed by atoms with Crippen LogP contribution in [0.15, 0.2) is 72.8 Å². The van der Waals surface area contributed by atoms with Gasteiger partial charge in [-0.2, -0.15) is 18.2 Å². The van der Waals surface area contributed by atoms with Crippen molar-refractivity contribution in [2.45, 2.75) is 20.0 Å². The van der Waals surface area contributed by atoms with Crippen LogP contribution in [0, 0.1) is 5.92 Å². The molecule has 0 saturated heterocycles. The first-order valence-corrected chi connectivity index (χ1v) is 11.5. The van der Waals surface area contributed by atoms with E-state index in [1.807, 2.05) is 38.1 Å². The SMILES string of the molecule is COc1ccc(-c2nc(OCC(C)C)nn2-c2ccc(NC(=O)c3ccc(C(F)(F)F)cc3)cc2)cc1. The molecular weight excluding hydrogens is 485 g/mol. The summed E-state index contributed by atoms with van der Waals surface area (Å²) in [6, 6.07) is 18.5. The molecule has 7 nitrogen and oxygen atoms in total. The lowest BCUT2D eigenvalue weighted by Gasteiger charge is -2.10. The number of ether oxygens (including phenoxy) is 2. The molecule has 0 atom stereocenters. The zero-order valence-corrected chi connectivity index (χ0v) is 20.4. The highest BCUT2D eigenvalue weighted by Gasteiger charge is 2.30. The second-order valence-corrected chi connectivity index (χ2v) is 8.64. The molecule has 1 aromatic heterocycles. The number of aromatic nitrogens is 3. The third kappa shape index (κ3) is 6.27. The van der Waals surface area contributed by atoms with Crippen LogP contribution in [-0.2, 0) is 6.18 Å². The lowest BCUT2D eigenvalue weighted by molar-refractivity contribution is -0.137. The summed E-state index contributed by atoms with van der Waals surface area (Å²) in [4.78, 5) is 17.1. The molecule has 0 radical (unpaired) electrons. The molecule has 0 aliphatic carbocycles. The van der Waals surface area contributed by atoms with Gasteiger partial charge in [0, 0.05) is 16.8 Å². The van der Waals surface area contributed by atoms with Gasteiger partial charge in [0.2, 0.25) is 0 Å². The monoisotopic (exact) mass is 510 g/mol. The number of hydrogen-bond donors (Lipinski definition) is 1. The van der Waals surface area contributed by atoms with Crippen molar-refractivity contribution in [3.63, 3.8) is 0 Å². The van der Waals surface area contributed by atoms with E-state index >= 15 is 0 Å². The summed E-state index contributed by atoms with van der Waals surface area (Å²) in [7, 11) is 1.59. The molecule has 1 amide bonds. The van der Waals surface area contributed by atoms with Crippen LogP contribution in [0.5, 0.6) is 11.8 Å². The van der Waals surface area contributed by atoms with Gasteiger partial charge in [-0.1, -0.05) is 13.8 Å². The molecule has 0 spiro atoms. The molecule has 37 heavy (non-hydrogen) atoms. The number of rotatable bonds is 8. The van der Waals surface area contributed by atoms with Gasteiger partial charge in [-0.15, -0.1) is 5.10 Å². The van der Waals surface area contributed by atoms with Gasteiger partial charge in [0.25, 0.3) is 5.91 Å². The van der Waals surface area contributed by atoms with Crippen LogP contribution in [0.1, 0.15) is 29.8 Å². The van der Waals surface area contributed by atoms with Crippen LogP contribution >= 0.6 is 0 Å². The summed E-state index contributed by atoms with van der Waals surface area (Å²) < 4.78 is 50.9. The van der Waals surface area contributed by atoms with Crippen LogP contribution in [0.25, 0.3) is 17.1 Å². The van der Waals surface area contributed by atoms with Gasteiger partial charge in [0.15, 0.2) is 5.82 Å². The highest BCUT2D eigenvalue weighted by atomic mass is 19.4. The van der Waals surface area contributed by atoms with Crippen LogP contribution in [0.4, 0.5) is 18.9 Å². The maximum absolute atomic E-state index is 12.8. The lowest BCUT2D eigenvalue weighted by atomic mass is 10.1. The molecular formula is C27H25F3N4O3. The number of methoxy groups -OCH3 is 1. The Kier molecular flexibility index (Phi) is 7.47. The summed E-state index contributed by atoms with van der Waals surface area (Å²) in [5.74, 6) is 1.04. The fourth-order valence-corrected chi connectivity index (χ4v) is 3.40. The predicted octanol–water partition coefficient (Wildman–Crippen LogP) is 6.25. The molecule has 3 aromatic carbocycles. The average Bonchev–Trinajstić information content (AvgIpc) is 3.32. The second kappa shape index (κ2) is 10.7. The molecule has 0 unspecified atom stereocenters. The molecule has 1 N–H and O–H groups in total. The zero-order chi connectivity index (χ0) is 26.6. The number of halogens is 3. The summed E-state index contributed by atoms with van der Waals surface area (Å²) in [6.07, 6.45) is -4.46. The Balaban J connectivity index is 1.56. The van der Waals surface area contributed by atoms with Crippen LogP contribution < -0.4 is 14.8 Å². The molecule has 4 aromatic rings. The quantitative estimate of drug-likeness (QED) is 0.303. The Morgan fingerprint density at radius 1 is 0.973 bits per heavy atom. The normalized spacial score (nSPS) is 11.4. The summed E-state index contributed by atoms with van der Waals surface area (Å²) >= 11 is 0. The number of benzene rings is 3. The summed E-state index contributed by atoms with van der Waals surface area (Å²) in [5.41, 5.74) is 1.24. The first kappa shape index (κ1) is 25.7. The maximum Gasteiger partial charge on any atom is 0.416 e. The fraction of sp³-hybridized carbons (Fsp3) is 0.222. The second-order valence-electron chi connectivity index (χ2n) is 8.64. The minimum absolute atomic E-state index is 0.113. The number of anilines is 1. The molecule has 0 aliphatic rings. The number of nitrogens with one attached hydrogen (secondary N) is 1. The van der Waals surface area contributed by atoms with Gasteiger partial charge < -0.3 is 14.8 Å². The van der Waals surface area contributed by atoms with E-state index in [1.54, 1.807) is 36.1 Å². The Morgan fingerprint density at radius 2 is 1.62 bits per heavy atom. The van der Waals surface area contributed by atoms with Crippen LogP contribution in [0.2, 0.25) is 0 Å². The van der Waals surface area contributed by atoms with E-state index in [9.17, 15) is 18.0 Å². The third-order valence-corrected chi connectivity index (χ3v) is 5.33. The fourth-order valence-electron chi connectivity index (χ4n) is 3.40. The van der Waals surface area contributed by atoms with Crippen LogP contribution in [-0.4, -0.2) is 34.4 Å². The molecule has 4 rings (SSSR count). The topological polar surface area (TPSA) is 78.3 Å². The first-order valence-electron chi connectivity index (χ1n) is 11.5. The number of nitrogens with zero attached hydrogens (tertiary/aromatic N) is 3. The van der Waals surface area contributed by atoms with E-state index in [-0.39, 0.29) is 11.6 Å². The molecule has 192 valence electrons. The Labute approximate surface area is 211 Å². The van der Waals surface area contributed by atoms with E-state index in [1.165, 1.54) is 0 Å². The zero-order valence-electron chi connectivity index (χ0n) is 20.4. The van der Waals surface area contributed by atoms with Gasteiger partial charge in [0.05, 0.1) is 25.0 Å². The van der Waals surface area contributed by atoms with Crippen molar-refractivity contribution in [3.8, 4) is 28.8 Å². The van der Waals surface area contributed by atoms with Crippen molar-refractivity contribution in [1.82, 2.24) is 14.8 Å². The number of alkyl halides is 3. The summed E-state index contributed by atoms with van der Waals surface area (Å²) in [6.45, 7) is 4.51. The van der Waals surface area contributed by atoms with Crippen molar-refractivity contribution >= 4 is 11.6 Å². The minimum atomic E-state index is -4.46. The smallest absolute Gasteiger partial charge is 0.416 e. The van der Waals surface area contributed by atoms with Crippen molar-refractivity contribution in [3.05, 3.63) is 83.9 Å². The highest BCUT2D eigenvalue weighted by molar-refractivity contribution is 6.04. The standard InChI is InChI=1S/C27H25F3N4O3/c1-17(2)16-37-26-32-24(18-6-14-23(36-3)15-7-18)34(33-26)22-12-10-21(11-13-22)31-25(35)19-4-8-20(9-5-19)27(28,29)30/h4-15,17H,16H2,1-3H3,(H,31,35). The first-order chi connectivity index (χ1) is 17.6. The van der Waals surface area contributed by atoms with Crippen molar-refractivity contribution in [2.75, 3.05) is 19.0 Å². The molecule has 0 bridgehead atoms. The minimum Gasteiger partial charge on any atom is -0.497 e. The van der Waals surface area contributed by atoms with Crippen molar-refractivity contribution in [2.24, 2.45) is 5.92 Å². The van der Waals surface area contributed by atoms with Gasteiger partial charge in [-0.05, 0) is 78.7 Å². The van der Waals surface area contributed by atoms with Crippen molar-refractivity contribution < 1.29 is 27.4 Å². The summed E-state index contributed by atoms with van der Waals surface area (Å²) in [5, 5.41) is 7.20. The van der Waals surface area contributed by atoms with Gasteiger partial charge in [-0.3, -0.25) is 4.79 Å². The molecule has 10 heteroatoms. The predicted molar refractivity (Wildman–Crippen MR) is 133 cm³/mol. The van der Waals surface area contributed by atoms with Gasteiger partial charge in [0.1, 0.15) is 5.75 Å². The van der Waals surface area contributed by atoms with Crippen molar-refractivity contribution in [1.29, 1.82) is 0 Å². The lowest BCUT2D eigenvalue weighted by Crippen LogP contribution is -2.13. The number of amides is 1. The average molecular weight is 511 g/mol. The number of carbonyl (C=O) groups is 1. The highest BCUT2D eigenvalue weighted by Crippen LogP contribution is 2.29. The molecule has 1 heterocycles. The number of carbonyl (C=O) groups excluding carboxylic acids is 1. The Bertz CT molecular complexity index is 1350. The van der Waals surface area contributed by atoms with E-state index in [0.29, 0.717) is 35.5 Å². The van der Waals surface area contributed by atoms with Gasteiger partial charge in [-0.25, -0.2) is 4.68 Å². The molecule has 0 fully saturated rings. The number of hydrogen-bond acceptors (Lipinski definition) is 5. The molecule has 0 saturated carbocycles.